The summed E-state index contributed by atoms with van der Waals surface area (Å²) in [7, 11) is 1.55. The monoisotopic (exact) mass is 492 g/mol. The Morgan fingerprint density at radius 1 is 1.17 bits per heavy atom. The number of halogens is 3. The molecular formula is C25H31F3N4O3. The summed E-state index contributed by atoms with van der Waals surface area (Å²) < 4.78 is 45.2. The molecule has 35 heavy (non-hydrogen) atoms. The zero-order valence-corrected chi connectivity index (χ0v) is 19.8. The molecule has 2 saturated heterocycles. The second kappa shape index (κ2) is 10.4. The molecule has 2 atom stereocenters. The van der Waals surface area contributed by atoms with Gasteiger partial charge >= 0.3 is 6.18 Å². The first kappa shape index (κ1) is 25.3. The van der Waals surface area contributed by atoms with Crippen molar-refractivity contribution in [1.82, 2.24) is 10.2 Å². The van der Waals surface area contributed by atoms with Crippen molar-refractivity contribution in [2.75, 3.05) is 44.8 Å². The van der Waals surface area contributed by atoms with Crippen molar-refractivity contribution < 1.29 is 27.5 Å². The number of nitrogens with one attached hydrogen (secondary N) is 1. The van der Waals surface area contributed by atoms with Crippen molar-refractivity contribution in [3.63, 3.8) is 0 Å². The Balaban J connectivity index is 1.44. The second-order valence-corrected chi connectivity index (χ2v) is 9.76. The molecule has 0 unspecified atom stereocenters. The third-order valence-corrected chi connectivity index (χ3v) is 7.44. The molecule has 2 heterocycles. The van der Waals surface area contributed by atoms with Crippen LogP contribution in [0.4, 0.5) is 18.9 Å². The largest absolute Gasteiger partial charge is 0.417 e. The molecule has 4 rings (SSSR count). The van der Waals surface area contributed by atoms with Crippen molar-refractivity contribution in [3.8, 4) is 6.07 Å². The molecule has 2 amide bonds. The van der Waals surface area contributed by atoms with Crippen molar-refractivity contribution in [2.45, 2.75) is 44.3 Å². The molecule has 10 heteroatoms. The second-order valence-electron chi connectivity index (χ2n) is 9.76. The number of hydrogen-bond donors (Lipinski definition) is 1. The van der Waals surface area contributed by atoms with Gasteiger partial charge in [-0.3, -0.25) is 9.59 Å². The Morgan fingerprint density at radius 3 is 2.49 bits per heavy atom. The van der Waals surface area contributed by atoms with Gasteiger partial charge in [-0.15, -0.1) is 0 Å². The quantitative estimate of drug-likeness (QED) is 0.632. The zero-order valence-electron chi connectivity index (χ0n) is 19.8. The van der Waals surface area contributed by atoms with Crippen LogP contribution in [0.5, 0.6) is 0 Å². The van der Waals surface area contributed by atoms with E-state index in [0.29, 0.717) is 38.5 Å². The summed E-state index contributed by atoms with van der Waals surface area (Å²) in [5.74, 6) is -0.0708. The topological polar surface area (TPSA) is 85.7 Å². The van der Waals surface area contributed by atoms with E-state index in [1.54, 1.807) is 24.1 Å². The number of anilines is 1. The fourth-order valence-electron chi connectivity index (χ4n) is 5.32. The first-order valence-electron chi connectivity index (χ1n) is 12.1. The van der Waals surface area contributed by atoms with Crippen LogP contribution >= 0.6 is 0 Å². The molecule has 3 aliphatic rings. The fourth-order valence-corrected chi connectivity index (χ4v) is 5.32. The van der Waals surface area contributed by atoms with E-state index in [0.717, 1.165) is 31.7 Å². The van der Waals surface area contributed by atoms with Crippen molar-refractivity contribution in [2.24, 2.45) is 17.8 Å². The van der Waals surface area contributed by atoms with E-state index in [1.807, 2.05) is 4.90 Å². The number of likely N-dealkylation sites (tertiary alicyclic amines) is 1. The molecule has 0 bridgehead atoms. The van der Waals surface area contributed by atoms with Crippen LogP contribution in [-0.4, -0.2) is 62.7 Å². The molecule has 190 valence electrons. The first-order valence-corrected chi connectivity index (χ1v) is 12.1. The third-order valence-electron chi connectivity index (χ3n) is 7.44. The number of benzene rings is 1. The smallest absolute Gasteiger partial charge is 0.384 e. The van der Waals surface area contributed by atoms with Crippen LogP contribution < -0.4 is 10.2 Å². The molecule has 0 spiro atoms. The summed E-state index contributed by atoms with van der Waals surface area (Å²) in [5.41, 5.74) is -0.858. The van der Waals surface area contributed by atoms with Gasteiger partial charge in [-0.1, -0.05) is 0 Å². The number of nitriles is 1. The molecule has 0 aromatic heterocycles. The number of methoxy groups -OCH3 is 1. The Hall–Kier alpha value is -2.80. The summed E-state index contributed by atoms with van der Waals surface area (Å²) in [6, 6.07) is 5.70. The highest BCUT2D eigenvalue weighted by Crippen LogP contribution is 2.39. The maximum absolute atomic E-state index is 13.4. The molecule has 1 saturated carbocycles. The summed E-state index contributed by atoms with van der Waals surface area (Å²) in [6.45, 7) is 2.36. The molecule has 1 aromatic carbocycles. The van der Waals surface area contributed by atoms with Crippen LogP contribution in [0.3, 0.4) is 0 Å². The van der Waals surface area contributed by atoms with Gasteiger partial charge in [0.1, 0.15) is 0 Å². The van der Waals surface area contributed by atoms with E-state index < -0.39 is 11.7 Å². The molecule has 3 fully saturated rings. The number of ether oxygens (including phenoxy) is 1. The molecule has 7 nitrogen and oxygen atoms in total. The van der Waals surface area contributed by atoms with Crippen LogP contribution in [0.1, 0.15) is 43.2 Å². The van der Waals surface area contributed by atoms with Gasteiger partial charge in [0.15, 0.2) is 0 Å². The van der Waals surface area contributed by atoms with Crippen molar-refractivity contribution in [1.29, 1.82) is 5.26 Å². The lowest BCUT2D eigenvalue weighted by Gasteiger charge is -2.37. The molecule has 2 aliphatic heterocycles. The van der Waals surface area contributed by atoms with E-state index in [9.17, 15) is 22.8 Å². The van der Waals surface area contributed by atoms with E-state index in [-0.39, 0.29) is 47.6 Å². The van der Waals surface area contributed by atoms with Gasteiger partial charge in [0, 0.05) is 45.0 Å². The van der Waals surface area contributed by atoms with Crippen LogP contribution in [-0.2, 0) is 20.5 Å². The Labute approximate surface area is 203 Å². The summed E-state index contributed by atoms with van der Waals surface area (Å²) >= 11 is 0. The summed E-state index contributed by atoms with van der Waals surface area (Å²) in [6.07, 6.45) is -0.896. The van der Waals surface area contributed by atoms with Crippen molar-refractivity contribution >= 4 is 17.5 Å². The molecular weight excluding hydrogens is 461 g/mol. The molecule has 0 radical (unpaired) electrons. The average molecular weight is 493 g/mol. The number of piperidine rings is 1. The van der Waals surface area contributed by atoms with Crippen molar-refractivity contribution in [3.05, 3.63) is 29.3 Å². The van der Waals surface area contributed by atoms with E-state index in [4.69, 9.17) is 10.00 Å². The van der Waals surface area contributed by atoms with Gasteiger partial charge in [0.2, 0.25) is 11.8 Å². The van der Waals surface area contributed by atoms with Crippen LogP contribution in [0.25, 0.3) is 0 Å². The van der Waals surface area contributed by atoms with E-state index in [1.165, 1.54) is 6.07 Å². The van der Waals surface area contributed by atoms with Gasteiger partial charge in [0.05, 0.1) is 36.1 Å². The number of nitrogens with zero attached hydrogens (tertiary/aromatic N) is 3. The summed E-state index contributed by atoms with van der Waals surface area (Å²) in [5, 5.41) is 12.1. The number of carbonyl (C=O) groups is 2. The van der Waals surface area contributed by atoms with Crippen LogP contribution in [0.15, 0.2) is 18.2 Å². The number of rotatable bonds is 7. The minimum Gasteiger partial charge on any atom is -0.384 e. The highest BCUT2D eigenvalue weighted by Gasteiger charge is 2.45. The van der Waals surface area contributed by atoms with Gasteiger partial charge in [-0.2, -0.15) is 18.4 Å². The van der Waals surface area contributed by atoms with Gasteiger partial charge in [0.25, 0.3) is 0 Å². The molecule has 1 aromatic rings. The highest BCUT2D eigenvalue weighted by molar-refractivity contribution is 5.83. The normalized spacial score (nSPS) is 23.3. The Kier molecular flexibility index (Phi) is 7.55. The minimum absolute atomic E-state index is 0.00359. The predicted molar refractivity (Wildman–Crippen MR) is 122 cm³/mol. The van der Waals surface area contributed by atoms with Crippen LogP contribution in [0.2, 0.25) is 0 Å². The third kappa shape index (κ3) is 5.89. The maximum Gasteiger partial charge on any atom is 0.417 e. The van der Waals surface area contributed by atoms with Crippen LogP contribution in [0, 0.1) is 29.1 Å². The number of hydrogen-bond acceptors (Lipinski definition) is 5. The average Bonchev–Trinajstić information content (AvgIpc) is 3.54. The van der Waals surface area contributed by atoms with Gasteiger partial charge in [-0.25, -0.2) is 0 Å². The summed E-state index contributed by atoms with van der Waals surface area (Å²) in [4.78, 5) is 29.3. The Bertz CT molecular complexity index is 981. The van der Waals surface area contributed by atoms with E-state index in [2.05, 4.69) is 5.32 Å². The predicted octanol–water partition coefficient (Wildman–Crippen LogP) is 3.18. The fraction of sp³-hybridized carbons (Fsp3) is 0.640. The molecule has 1 N–H and O–H groups in total. The van der Waals surface area contributed by atoms with Gasteiger partial charge in [-0.05, 0) is 55.7 Å². The zero-order chi connectivity index (χ0) is 25.2. The number of carbonyl (C=O) groups excluding carboxylic acids is 2. The standard InChI is InChI=1S/C25H31F3N4O3/c1-35-11-8-23(33)32-14-20(21(15-32)24(34)30-18-3-4-18)16-6-9-31(10-7-16)19-5-2-17(13-29)22(12-19)25(26,27)28/h2,5,12,16,18,20-21H,3-4,6-11,14-15H2,1H3,(H,30,34)/t20-,21+/m0/s1. The minimum atomic E-state index is -4.59. The SMILES string of the molecule is COCCC(=O)N1C[C@@H](C(=O)NC2CC2)[C@H](C2CCN(c3ccc(C#N)c(C(F)(F)F)c3)CC2)C1. The molecule has 1 aliphatic carbocycles. The lowest BCUT2D eigenvalue weighted by Crippen LogP contribution is -2.42. The maximum atomic E-state index is 13.4. The number of amides is 2. The van der Waals surface area contributed by atoms with E-state index >= 15 is 0 Å². The first-order chi connectivity index (χ1) is 16.7. The van der Waals surface area contributed by atoms with Gasteiger partial charge < -0.3 is 19.9 Å². The Morgan fingerprint density at radius 2 is 1.89 bits per heavy atom. The number of alkyl halides is 3. The lowest BCUT2D eigenvalue weighted by atomic mass is 9.78. The lowest BCUT2D eigenvalue weighted by molar-refractivity contribution is -0.137. The highest BCUT2D eigenvalue weighted by atomic mass is 19.4.